The standard InChI is InChI=1S/C12H11ClO5/c1-6(12(15)16)2-8-9(13)3-7(4-14)10-11(8)18-5-17-10/h3-4,6H,2,5H2,1H3,(H,15,16). The number of rotatable bonds is 4. The molecule has 0 aromatic heterocycles. The van der Waals surface area contributed by atoms with Crippen molar-refractivity contribution in [2.75, 3.05) is 6.79 Å². The lowest BCUT2D eigenvalue weighted by Gasteiger charge is -2.12. The van der Waals surface area contributed by atoms with Gasteiger partial charge in [0, 0.05) is 10.6 Å². The van der Waals surface area contributed by atoms with Crippen LogP contribution >= 0.6 is 11.6 Å². The number of hydrogen-bond donors (Lipinski definition) is 1. The number of carboxylic acid groups (broad SMARTS) is 1. The number of aliphatic carboxylic acids is 1. The number of fused-ring (bicyclic) bond motifs is 1. The number of halogens is 1. The lowest BCUT2D eigenvalue weighted by molar-refractivity contribution is -0.141. The van der Waals surface area contributed by atoms with E-state index in [0.29, 0.717) is 33.9 Å². The Labute approximate surface area is 108 Å². The lowest BCUT2D eigenvalue weighted by Crippen LogP contribution is -2.13. The Kier molecular flexibility index (Phi) is 3.43. The van der Waals surface area contributed by atoms with Gasteiger partial charge in [0.25, 0.3) is 0 Å². The predicted molar refractivity (Wildman–Crippen MR) is 63.5 cm³/mol. The van der Waals surface area contributed by atoms with Crippen molar-refractivity contribution in [1.82, 2.24) is 0 Å². The van der Waals surface area contributed by atoms with E-state index in [4.69, 9.17) is 26.2 Å². The number of carbonyl (C=O) groups excluding carboxylic acids is 1. The predicted octanol–water partition coefficient (Wildman–Crippen LogP) is 2.14. The van der Waals surface area contributed by atoms with Gasteiger partial charge in [-0.3, -0.25) is 9.59 Å². The molecule has 1 N–H and O–H groups in total. The Bertz CT molecular complexity index is 512. The van der Waals surface area contributed by atoms with Gasteiger partial charge in [-0.1, -0.05) is 18.5 Å². The number of benzene rings is 1. The lowest BCUT2D eigenvalue weighted by atomic mass is 9.98. The van der Waals surface area contributed by atoms with Crippen LogP contribution in [0.15, 0.2) is 6.07 Å². The van der Waals surface area contributed by atoms with Gasteiger partial charge in [0.1, 0.15) is 0 Å². The van der Waals surface area contributed by atoms with Crippen LogP contribution in [0.4, 0.5) is 0 Å². The second kappa shape index (κ2) is 4.86. The average Bonchev–Trinajstić information content (AvgIpc) is 2.80. The highest BCUT2D eigenvalue weighted by molar-refractivity contribution is 6.32. The number of carboxylic acids is 1. The summed E-state index contributed by atoms with van der Waals surface area (Å²) in [4.78, 5) is 21.7. The number of hydrogen-bond acceptors (Lipinski definition) is 4. The van der Waals surface area contributed by atoms with E-state index in [-0.39, 0.29) is 13.2 Å². The molecule has 2 rings (SSSR count). The highest BCUT2D eigenvalue weighted by atomic mass is 35.5. The number of aldehydes is 1. The van der Waals surface area contributed by atoms with Gasteiger partial charge >= 0.3 is 5.97 Å². The maximum Gasteiger partial charge on any atom is 0.306 e. The molecule has 0 saturated carbocycles. The highest BCUT2D eigenvalue weighted by Gasteiger charge is 2.26. The third-order valence-electron chi connectivity index (χ3n) is 2.78. The summed E-state index contributed by atoms with van der Waals surface area (Å²) < 4.78 is 10.5. The molecule has 1 heterocycles. The van der Waals surface area contributed by atoms with Crippen molar-refractivity contribution in [1.29, 1.82) is 0 Å². The van der Waals surface area contributed by atoms with Gasteiger partial charge in [-0.2, -0.15) is 0 Å². The molecule has 18 heavy (non-hydrogen) atoms. The van der Waals surface area contributed by atoms with Crippen LogP contribution in [-0.2, 0) is 11.2 Å². The molecule has 1 aliphatic heterocycles. The van der Waals surface area contributed by atoms with Crippen LogP contribution in [0, 0.1) is 5.92 Å². The van der Waals surface area contributed by atoms with Crippen LogP contribution in [0.3, 0.4) is 0 Å². The van der Waals surface area contributed by atoms with Crippen molar-refractivity contribution in [3.05, 3.63) is 22.2 Å². The fourth-order valence-electron chi connectivity index (χ4n) is 1.79. The summed E-state index contributed by atoms with van der Waals surface area (Å²) in [6, 6.07) is 1.46. The third-order valence-corrected chi connectivity index (χ3v) is 3.12. The van der Waals surface area contributed by atoms with Gasteiger partial charge in [0.2, 0.25) is 6.79 Å². The minimum absolute atomic E-state index is 0.00493. The Balaban J connectivity index is 2.45. The summed E-state index contributed by atoms with van der Waals surface area (Å²) in [5.41, 5.74) is 0.865. The molecule has 1 unspecified atom stereocenters. The normalized spacial score (nSPS) is 14.3. The zero-order valence-corrected chi connectivity index (χ0v) is 10.4. The van der Waals surface area contributed by atoms with Crippen LogP contribution in [0.1, 0.15) is 22.8 Å². The van der Waals surface area contributed by atoms with Crippen molar-refractivity contribution < 1.29 is 24.2 Å². The first-order valence-electron chi connectivity index (χ1n) is 5.33. The van der Waals surface area contributed by atoms with Gasteiger partial charge in [0.15, 0.2) is 17.8 Å². The van der Waals surface area contributed by atoms with E-state index in [1.807, 2.05) is 0 Å². The minimum atomic E-state index is -0.918. The molecule has 1 atom stereocenters. The molecule has 96 valence electrons. The Hall–Kier alpha value is -1.75. The molecule has 1 aromatic carbocycles. The van der Waals surface area contributed by atoms with Crippen molar-refractivity contribution in [3.8, 4) is 11.5 Å². The molecule has 0 amide bonds. The van der Waals surface area contributed by atoms with Gasteiger partial charge < -0.3 is 14.6 Å². The van der Waals surface area contributed by atoms with E-state index in [1.54, 1.807) is 6.92 Å². The number of carbonyl (C=O) groups is 2. The second-order valence-corrected chi connectivity index (χ2v) is 4.46. The maximum absolute atomic E-state index is 10.9. The topological polar surface area (TPSA) is 72.8 Å². The van der Waals surface area contributed by atoms with Gasteiger partial charge in [0.05, 0.1) is 11.5 Å². The largest absolute Gasteiger partial charge is 0.481 e. The fraction of sp³-hybridized carbons (Fsp3) is 0.333. The van der Waals surface area contributed by atoms with Crippen molar-refractivity contribution in [2.45, 2.75) is 13.3 Å². The van der Waals surface area contributed by atoms with E-state index < -0.39 is 11.9 Å². The van der Waals surface area contributed by atoms with Gasteiger partial charge in [-0.05, 0) is 12.5 Å². The Morgan fingerprint density at radius 3 is 2.83 bits per heavy atom. The highest BCUT2D eigenvalue weighted by Crippen LogP contribution is 2.43. The molecule has 0 bridgehead atoms. The first-order chi connectivity index (χ1) is 8.54. The van der Waals surface area contributed by atoms with E-state index >= 15 is 0 Å². The van der Waals surface area contributed by atoms with Crippen molar-refractivity contribution >= 4 is 23.9 Å². The quantitative estimate of drug-likeness (QED) is 0.849. The van der Waals surface area contributed by atoms with Crippen LogP contribution in [0.5, 0.6) is 11.5 Å². The summed E-state index contributed by atoms with van der Waals surface area (Å²) >= 11 is 6.05. The van der Waals surface area contributed by atoms with Crippen LogP contribution in [-0.4, -0.2) is 24.2 Å². The Morgan fingerprint density at radius 1 is 1.56 bits per heavy atom. The monoisotopic (exact) mass is 270 g/mol. The summed E-state index contributed by atoms with van der Waals surface area (Å²) in [6.45, 7) is 1.58. The molecular weight excluding hydrogens is 260 g/mol. The molecule has 1 aromatic rings. The first kappa shape index (κ1) is 12.7. The van der Waals surface area contributed by atoms with Crippen molar-refractivity contribution in [2.24, 2.45) is 5.92 Å². The van der Waals surface area contributed by atoms with E-state index in [1.165, 1.54) is 6.07 Å². The zero-order chi connectivity index (χ0) is 13.3. The van der Waals surface area contributed by atoms with Crippen LogP contribution in [0.25, 0.3) is 0 Å². The average molecular weight is 271 g/mol. The van der Waals surface area contributed by atoms with Gasteiger partial charge in [-0.15, -0.1) is 0 Å². The van der Waals surface area contributed by atoms with E-state index in [9.17, 15) is 9.59 Å². The maximum atomic E-state index is 10.9. The summed E-state index contributed by atoms with van der Waals surface area (Å²) in [5.74, 6) is -0.809. The van der Waals surface area contributed by atoms with E-state index in [2.05, 4.69) is 0 Å². The van der Waals surface area contributed by atoms with Crippen LogP contribution in [0.2, 0.25) is 5.02 Å². The molecule has 0 saturated heterocycles. The molecule has 0 radical (unpaired) electrons. The molecule has 0 spiro atoms. The summed E-state index contributed by atoms with van der Waals surface area (Å²) in [5, 5.41) is 9.23. The van der Waals surface area contributed by atoms with E-state index in [0.717, 1.165) is 0 Å². The minimum Gasteiger partial charge on any atom is -0.481 e. The first-order valence-corrected chi connectivity index (χ1v) is 5.71. The summed E-state index contributed by atoms with van der Waals surface area (Å²) in [6.07, 6.45) is 0.850. The number of ether oxygens (including phenoxy) is 2. The molecule has 0 fully saturated rings. The second-order valence-electron chi connectivity index (χ2n) is 4.05. The molecule has 6 heteroatoms. The third kappa shape index (κ3) is 2.13. The zero-order valence-electron chi connectivity index (χ0n) is 9.60. The smallest absolute Gasteiger partial charge is 0.306 e. The fourth-order valence-corrected chi connectivity index (χ4v) is 2.07. The molecule has 0 aliphatic carbocycles. The molecule has 1 aliphatic rings. The Morgan fingerprint density at radius 2 is 2.22 bits per heavy atom. The molecular formula is C12H11ClO5. The summed E-state index contributed by atoms with van der Waals surface area (Å²) in [7, 11) is 0. The SMILES string of the molecule is CC(Cc1c(Cl)cc(C=O)c2c1OCO2)C(=O)O. The van der Waals surface area contributed by atoms with Gasteiger partial charge in [-0.25, -0.2) is 0 Å². The molecule has 5 nitrogen and oxygen atoms in total. The van der Waals surface area contributed by atoms with Crippen LogP contribution < -0.4 is 9.47 Å². The van der Waals surface area contributed by atoms with Crippen molar-refractivity contribution in [3.63, 3.8) is 0 Å².